The van der Waals surface area contributed by atoms with Crippen LogP contribution in [0.5, 0.6) is 0 Å². The van der Waals surface area contributed by atoms with Crippen molar-refractivity contribution in [3.8, 4) is 0 Å². The molecule has 2 aromatic heterocycles. The van der Waals surface area contributed by atoms with Crippen LogP contribution in [0.3, 0.4) is 0 Å². The van der Waals surface area contributed by atoms with Crippen molar-refractivity contribution < 1.29 is 22.8 Å². The summed E-state index contributed by atoms with van der Waals surface area (Å²) in [6.45, 7) is 0. The molecule has 0 aliphatic carbocycles. The van der Waals surface area contributed by atoms with Crippen LogP contribution in [0, 0.1) is 0 Å². The molecule has 2 aromatic rings. The summed E-state index contributed by atoms with van der Waals surface area (Å²) in [7, 11) is -1.33. The molecule has 1 aliphatic heterocycles. The number of hydrogen-bond acceptors (Lipinski definition) is 7. The maximum absolute atomic E-state index is 12.6. The second-order valence-electron chi connectivity index (χ2n) is 5.38. The van der Waals surface area contributed by atoms with Crippen LogP contribution < -0.4 is 10.6 Å². The number of likely N-dealkylation sites (N-methyl/N-ethyl adjacent to an activating group) is 1. The first-order valence-electron chi connectivity index (χ1n) is 7.37. The lowest BCUT2D eigenvalue weighted by Gasteiger charge is -2.29. The number of nitrogens with one attached hydrogen (secondary N) is 2. The number of thiophene rings is 1. The lowest BCUT2D eigenvalue weighted by Crippen LogP contribution is -2.52. The number of aromatic nitrogens is 1. The average Bonchev–Trinajstić information content (AvgIpc) is 3.11. The van der Waals surface area contributed by atoms with Gasteiger partial charge in [-0.05, 0) is 23.6 Å². The zero-order chi connectivity index (χ0) is 19.1. The van der Waals surface area contributed by atoms with Crippen LogP contribution in [-0.2, 0) is 14.8 Å². The van der Waals surface area contributed by atoms with Crippen molar-refractivity contribution in [3.05, 3.63) is 40.2 Å². The highest BCUT2D eigenvalue weighted by atomic mass is 32.2. The number of amides is 2. The molecule has 0 spiro atoms. The number of fused-ring (bicyclic) bond motifs is 1. The van der Waals surface area contributed by atoms with E-state index >= 15 is 0 Å². The molecule has 2 N–H and O–H groups in total. The maximum Gasteiger partial charge on any atom is 0.269 e. The molecular formula is C15H14N4O5S2. The van der Waals surface area contributed by atoms with Crippen molar-refractivity contribution in [1.29, 1.82) is 0 Å². The second kappa shape index (κ2) is 6.59. The number of carbonyl (C=O) groups is 3. The van der Waals surface area contributed by atoms with Gasteiger partial charge in [-0.1, -0.05) is 6.07 Å². The van der Waals surface area contributed by atoms with E-state index in [9.17, 15) is 22.8 Å². The fourth-order valence-corrected chi connectivity index (χ4v) is 5.15. The number of carbonyl (C=O) groups excluding carboxylic acids is 3. The van der Waals surface area contributed by atoms with Gasteiger partial charge in [0.05, 0.1) is 4.88 Å². The third kappa shape index (κ3) is 2.89. The van der Waals surface area contributed by atoms with E-state index in [1.165, 1.54) is 43.7 Å². The van der Waals surface area contributed by atoms with E-state index in [0.29, 0.717) is 0 Å². The van der Waals surface area contributed by atoms with Crippen LogP contribution in [-0.4, -0.2) is 55.4 Å². The van der Waals surface area contributed by atoms with Crippen LogP contribution >= 0.6 is 11.3 Å². The van der Waals surface area contributed by atoms with E-state index in [1.807, 2.05) is 0 Å². The van der Waals surface area contributed by atoms with Crippen LogP contribution in [0.1, 0.15) is 20.2 Å². The molecule has 3 heterocycles. The van der Waals surface area contributed by atoms with Gasteiger partial charge in [-0.2, -0.15) is 4.31 Å². The average molecular weight is 394 g/mol. The predicted octanol–water partition coefficient (Wildman–Crippen LogP) is 0.327. The SMILES string of the molecule is CNC(=O)c1cccc(NC(=O)C2C(=O)c3sccc3S(=O)(=O)N2C)n1. The Morgan fingerprint density at radius 2 is 2.00 bits per heavy atom. The van der Waals surface area contributed by atoms with Gasteiger partial charge in [-0.25, -0.2) is 13.4 Å². The number of hydrogen-bond donors (Lipinski definition) is 2. The minimum atomic E-state index is -3.94. The van der Waals surface area contributed by atoms with Gasteiger partial charge in [0, 0.05) is 14.1 Å². The molecule has 0 radical (unpaired) electrons. The molecule has 0 saturated heterocycles. The number of ketones is 1. The molecule has 11 heteroatoms. The maximum atomic E-state index is 12.6. The molecule has 136 valence electrons. The molecule has 3 rings (SSSR count). The van der Waals surface area contributed by atoms with E-state index in [2.05, 4.69) is 15.6 Å². The lowest BCUT2D eigenvalue weighted by molar-refractivity contribution is -0.118. The molecule has 0 aromatic carbocycles. The van der Waals surface area contributed by atoms with Gasteiger partial charge in [-0.3, -0.25) is 14.4 Å². The van der Waals surface area contributed by atoms with Crippen LogP contribution in [0.4, 0.5) is 5.82 Å². The monoisotopic (exact) mass is 394 g/mol. The summed E-state index contributed by atoms with van der Waals surface area (Å²) in [5.74, 6) is -1.86. The van der Waals surface area contributed by atoms with Crippen molar-refractivity contribution in [2.75, 3.05) is 19.4 Å². The summed E-state index contributed by atoms with van der Waals surface area (Å²) < 4.78 is 25.7. The number of nitrogens with zero attached hydrogens (tertiary/aromatic N) is 2. The molecule has 1 aliphatic rings. The first-order valence-corrected chi connectivity index (χ1v) is 9.69. The molecule has 0 saturated carbocycles. The highest BCUT2D eigenvalue weighted by Crippen LogP contribution is 2.32. The van der Waals surface area contributed by atoms with E-state index < -0.39 is 33.7 Å². The summed E-state index contributed by atoms with van der Waals surface area (Å²) in [5, 5.41) is 6.29. The normalized spacial score (nSPS) is 18.8. The molecule has 1 unspecified atom stereocenters. The Morgan fingerprint density at radius 3 is 2.69 bits per heavy atom. The van der Waals surface area contributed by atoms with E-state index in [-0.39, 0.29) is 21.3 Å². The van der Waals surface area contributed by atoms with Crippen molar-refractivity contribution in [2.45, 2.75) is 10.9 Å². The largest absolute Gasteiger partial charge is 0.354 e. The Bertz CT molecular complexity index is 1010. The van der Waals surface area contributed by atoms with E-state index in [4.69, 9.17) is 0 Å². The minimum Gasteiger partial charge on any atom is -0.354 e. The Morgan fingerprint density at radius 1 is 1.27 bits per heavy atom. The summed E-state index contributed by atoms with van der Waals surface area (Å²) in [6, 6.07) is 4.19. The number of rotatable bonds is 3. The van der Waals surface area contributed by atoms with Crippen molar-refractivity contribution in [3.63, 3.8) is 0 Å². The lowest BCUT2D eigenvalue weighted by atomic mass is 10.1. The first kappa shape index (κ1) is 18.2. The van der Waals surface area contributed by atoms with E-state index in [1.54, 1.807) is 0 Å². The van der Waals surface area contributed by atoms with Crippen molar-refractivity contribution in [2.24, 2.45) is 0 Å². The number of anilines is 1. The standard InChI is InChI=1S/C15H14N4O5S2/c1-16-14(21)8-4-3-5-10(17-8)18-15(22)11-12(20)13-9(6-7-25-13)26(23,24)19(11)2/h3-7,11H,1-2H3,(H,16,21)(H,17,18,22). The molecule has 1 atom stereocenters. The number of sulfonamides is 1. The van der Waals surface area contributed by atoms with Gasteiger partial charge in [0.1, 0.15) is 16.4 Å². The number of pyridine rings is 1. The third-order valence-corrected chi connectivity index (χ3v) is 6.75. The zero-order valence-electron chi connectivity index (χ0n) is 13.7. The number of Topliss-reactive ketones (excluding diaryl/α,β-unsaturated/α-hetero) is 1. The molecule has 0 fully saturated rings. The van der Waals surface area contributed by atoms with Crippen LogP contribution in [0.25, 0.3) is 0 Å². The molecule has 0 bridgehead atoms. The van der Waals surface area contributed by atoms with Crippen LogP contribution in [0.15, 0.2) is 34.5 Å². The van der Waals surface area contributed by atoms with Gasteiger partial charge in [-0.15, -0.1) is 11.3 Å². The van der Waals surface area contributed by atoms with Gasteiger partial charge in [0.2, 0.25) is 15.8 Å². The molecule has 9 nitrogen and oxygen atoms in total. The molecule has 2 amide bonds. The summed E-state index contributed by atoms with van der Waals surface area (Å²) in [5.41, 5.74) is 0.0711. The topological polar surface area (TPSA) is 126 Å². The van der Waals surface area contributed by atoms with Gasteiger partial charge in [0.25, 0.3) is 11.8 Å². The van der Waals surface area contributed by atoms with Gasteiger partial charge in [0.15, 0.2) is 6.04 Å². The Labute approximate surface area is 153 Å². The smallest absolute Gasteiger partial charge is 0.269 e. The summed E-state index contributed by atoms with van der Waals surface area (Å²) in [6.07, 6.45) is 0. The Balaban J connectivity index is 1.91. The van der Waals surface area contributed by atoms with Gasteiger partial charge >= 0.3 is 0 Å². The quantitative estimate of drug-likeness (QED) is 0.723. The summed E-state index contributed by atoms with van der Waals surface area (Å²) in [4.78, 5) is 40.7. The highest BCUT2D eigenvalue weighted by molar-refractivity contribution is 7.89. The minimum absolute atomic E-state index is 0.0234. The Kier molecular flexibility index (Phi) is 4.61. The first-order chi connectivity index (χ1) is 12.3. The highest BCUT2D eigenvalue weighted by Gasteiger charge is 2.46. The third-order valence-electron chi connectivity index (χ3n) is 3.83. The van der Waals surface area contributed by atoms with E-state index in [0.717, 1.165) is 15.6 Å². The fraction of sp³-hybridized carbons (Fsp3) is 0.200. The van der Waals surface area contributed by atoms with Gasteiger partial charge < -0.3 is 10.6 Å². The summed E-state index contributed by atoms with van der Waals surface area (Å²) >= 11 is 0.971. The van der Waals surface area contributed by atoms with Crippen LogP contribution in [0.2, 0.25) is 0 Å². The van der Waals surface area contributed by atoms with Crippen molar-refractivity contribution >= 4 is 44.8 Å². The molecular weight excluding hydrogens is 380 g/mol. The Hall–Kier alpha value is -2.63. The second-order valence-corrected chi connectivity index (χ2v) is 8.26. The zero-order valence-corrected chi connectivity index (χ0v) is 15.3. The fourth-order valence-electron chi connectivity index (χ4n) is 2.50. The molecule has 26 heavy (non-hydrogen) atoms. The van der Waals surface area contributed by atoms with Crippen molar-refractivity contribution in [1.82, 2.24) is 14.6 Å². The predicted molar refractivity (Wildman–Crippen MR) is 93.6 cm³/mol.